The number of aromatic nitrogens is 1. The number of carbonyl (C=O) groups excluding carboxylic acids is 15. The first kappa shape index (κ1) is 100. The number of nitrogens with one attached hydrogen (secondary N) is 5. The highest BCUT2D eigenvalue weighted by atomic mass is 16.6. The van der Waals surface area contributed by atoms with E-state index >= 15 is 0 Å². The van der Waals surface area contributed by atoms with Crippen LogP contribution in [0.25, 0.3) is 54.9 Å². The van der Waals surface area contributed by atoms with Crippen LogP contribution in [0.3, 0.4) is 0 Å². The molecule has 11 amide bonds. The molecule has 15 aromatic carbocycles. The van der Waals surface area contributed by atoms with Gasteiger partial charge in [0.2, 0.25) is 34.8 Å². The van der Waals surface area contributed by atoms with Gasteiger partial charge >= 0.3 is 12.1 Å². The number of Topliss-reactive ketones (excluding diaryl/α,β-unsaturated/α-hetero) is 5. The number of carbonyl (C=O) groups is 15. The average molecular weight is 1960 g/mol. The van der Waals surface area contributed by atoms with Crippen molar-refractivity contribution in [3.63, 3.8) is 0 Å². The number of para-hydroxylation sites is 11. The molecule has 4 heterocycles. The molecule has 5 atom stereocenters. The summed E-state index contributed by atoms with van der Waals surface area (Å²) in [4.78, 5) is 187. The van der Waals surface area contributed by atoms with Crippen molar-refractivity contribution in [3.05, 3.63) is 432 Å². The lowest BCUT2D eigenvalue weighted by Gasteiger charge is -2.32. The highest BCUT2D eigenvalue weighted by molar-refractivity contribution is 6.40. The first-order valence-corrected chi connectivity index (χ1v) is 46.5. The molecule has 3 aliphatic rings. The number of hydrogen-bond donors (Lipinski definition) is 10. The van der Waals surface area contributed by atoms with Crippen LogP contribution in [0.2, 0.25) is 0 Å². The van der Waals surface area contributed by atoms with E-state index in [1.807, 2.05) is 261 Å². The molecule has 147 heavy (non-hydrogen) atoms. The Morgan fingerprint density at radius 1 is 0.265 bits per heavy atom. The highest BCUT2D eigenvalue weighted by Gasteiger charge is 2.39. The number of rotatable bonds is 28. The van der Waals surface area contributed by atoms with Gasteiger partial charge in [-0.05, 0) is 123 Å². The Morgan fingerprint density at radius 2 is 0.571 bits per heavy atom. The molecular weight excluding hydrogens is 1870 g/mol. The van der Waals surface area contributed by atoms with Crippen LogP contribution in [0.4, 0.5) is 21.0 Å². The molecule has 0 saturated carbocycles. The van der Waals surface area contributed by atoms with Crippen molar-refractivity contribution in [2.45, 2.75) is 68.2 Å². The number of ether oxygens (including phenoxy) is 3. The lowest BCUT2D eigenvalue weighted by Crippen LogP contribution is -2.51. The number of furan rings is 1. The van der Waals surface area contributed by atoms with E-state index in [4.69, 9.17) is 47.3 Å². The number of hydrogen-bond acceptors (Lipinski definition) is 19. The Labute approximate surface area is 840 Å². The highest BCUT2D eigenvalue weighted by Crippen LogP contribution is 2.49. The molecule has 0 radical (unpaired) electrons. The number of urea groups is 1. The van der Waals surface area contributed by atoms with Crippen molar-refractivity contribution in [3.8, 4) is 45.6 Å². The summed E-state index contributed by atoms with van der Waals surface area (Å²) in [6.07, 6.45) is 0.797. The topological polar surface area (TPSA) is 495 Å². The Morgan fingerprint density at radius 3 is 1.00 bits per heavy atom. The normalized spacial score (nSPS) is 12.5. The summed E-state index contributed by atoms with van der Waals surface area (Å²) >= 11 is 0. The second-order valence-corrected chi connectivity index (χ2v) is 34.1. The van der Waals surface area contributed by atoms with E-state index in [-0.39, 0.29) is 54.9 Å². The number of amides is 11. The number of primary amides is 5. The van der Waals surface area contributed by atoms with Crippen molar-refractivity contribution < 1.29 is 90.5 Å². The minimum absolute atomic E-state index is 0.129. The van der Waals surface area contributed by atoms with Crippen LogP contribution in [0.5, 0.6) is 34.5 Å². The van der Waals surface area contributed by atoms with Crippen molar-refractivity contribution in [2.24, 2.45) is 28.7 Å². The van der Waals surface area contributed by atoms with E-state index in [1.165, 1.54) is 9.47 Å². The molecule has 732 valence electrons. The van der Waals surface area contributed by atoms with Crippen LogP contribution < -0.4 is 74.4 Å². The fourth-order valence-electron chi connectivity index (χ4n) is 17.5. The maximum absolute atomic E-state index is 13.3. The fourth-order valence-corrected chi connectivity index (χ4v) is 17.5. The molecule has 31 nitrogen and oxygen atoms in total. The van der Waals surface area contributed by atoms with E-state index < -0.39 is 118 Å². The largest absolute Gasteiger partial charge is 0.455 e. The van der Waals surface area contributed by atoms with Crippen LogP contribution >= 0.6 is 0 Å². The Hall–Kier alpha value is -19.8. The van der Waals surface area contributed by atoms with Gasteiger partial charge in [-0.1, -0.05) is 309 Å². The summed E-state index contributed by atoms with van der Waals surface area (Å²) in [5.74, 6) is -8.97. The predicted octanol–water partition coefficient (Wildman–Crippen LogP) is 14.9. The molecule has 15 N–H and O–H groups in total. The van der Waals surface area contributed by atoms with Crippen LogP contribution in [-0.2, 0) is 84.8 Å². The quantitative estimate of drug-likeness (QED) is 0.0204. The van der Waals surface area contributed by atoms with Crippen LogP contribution in [-0.4, -0.2) is 123 Å². The van der Waals surface area contributed by atoms with Crippen molar-refractivity contribution in [1.82, 2.24) is 31.2 Å². The minimum Gasteiger partial charge on any atom is -0.455 e. The van der Waals surface area contributed by atoms with Crippen LogP contribution in [0, 0.1) is 0 Å². The number of benzene rings is 15. The summed E-state index contributed by atoms with van der Waals surface area (Å²) in [5, 5.41) is 17.0. The van der Waals surface area contributed by atoms with E-state index in [1.54, 1.807) is 121 Å². The van der Waals surface area contributed by atoms with Gasteiger partial charge < -0.3 is 73.9 Å². The molecule has 0 bridgehead atoms. The standard InChI is InChI=1S/C24H20N2O3.C23H19N3O4.C23H19N3O3.C23H18N2O5.C23H18N2O4/c25-23(28)22(27)20(14-15-8-2-1-3-9-15)26-24(29)21-18-12-6-4-10-16(18)17-11-5-7-13-19(17)21;24-22(28)21(27)16(14-15-8-2-1-3-9-15)25-23(29)26-17-10-4-6-12-19(17)30-20-13-7-5-11-18(20)26;24-22(28)21(27)18(14-15-8-2-1-3-9-15)25-23(29)26-19-12-6-4-10-16(19)17-11-5-7-13-20(17)26;24-22(27)20(26)16(13-14-7-2-1-3-8-14)25-23(28)15-9-6-12-19-21(15)30-18-11-5-4-10-17(18)29-19;24-22(27)20(26)18(13-14-7-2-1-3-8-14)25-23(28)17-11-6-10-16-15-9-4-5-12-19(15)29-21(16)17/h1-13,20-21H,14H2,(H2,25,28)(H,26,29);1-13,16H,14H2,(H2,24,28)(H,25,29);1-13,18H,14H2,(H2,24,28)(H,25,29);1-12,16H,13H2,(H2,24,27)(H,25,28);1-12,18H,13H2,(H2,24,27)(H,25,28). The Bertz CT molecular complexity index is 7790. The second kappa shape index (κ2) is 46.0. The van der Waals surface area contributed by atoms with Crippen molar-refractivity contribution in [1.29, 1.82) is 0 Å². The maximum atomic E-state index is 13.3. The summed E-state index contributed by atoms with van der Waals surface area (Å²) < 4.78 is 25.0. The van der Waals surface area contributed by atoms with Gasteiger partial charge in [-0.2, -0.15) is 0 Å². The third-order valence-corrected chi connectivity index (χ3v) is 24.4. The average Bonchev–Trinajstić information content (AvgIpc) is 1.68. The van der Waals surface area contributed by atoms with Gasteiger partial charge in [-0.3, -0.25) is 71.8 Å². The van der Waals surface area contributed by atoms with Gasteiger partial charge in [0.15, 0.2) is 34.5 Å². The molecule has 17 aromatic rings. The lowest BCUT2D eigenvalue weighted by molar-refractivity contribution is -0.138. The van der Waals surface area contributed by atoms with Gasteiger partial charge in [0.05, 0.1) is 39.5 Å². The predicted molar refractivity (Wildman–Crippen MR) is 551 cm³/mol. The number of fused-ring (bicyclic) bond motifs is 13. The monoisotopic (exact) mass is 1960 g/mol. The third-order valence-electron chi connectivity index (χ3n) is 24.4. The zero-order valence-corrected chi connectivity index (χ0v) is 78.4. The van der Waals surface area contributed by atoms with Crippen LogP contribution in [0.1, 0.15) is 65.6 Å². The number of nitrogens with zero attached hydrogens (tertiary/aromatic N) is 2. The second-order valence-electron chi connectivity index (χ2n) is 34.1. The smallest absolute Gasteiger partial charge is 0.327 e. The van der Waals surface area contributed by atoms with Crippen molar-refractivity contribution in [2.75, 3.05) is 4.90 Å². The summed E-state index contributed by atoms with van der Waals surface area (Å²) in [5.41, 5.74) is 37.9. The molecule has 0 fully saturated rings. The zero-order chi connectivity index (χ0) is 103. The Balaban J connectivity index is 0.000000131. The van der Waals surface area contributed by atoms with E-state index in [0.29, 0.717) is 51.3 Å². The Kier molecular flexibility index (Phi) is 31.4. The molecule has 31 heteroatoms. The molecule has 2 aromatic heterocycles. The molecule has 20 rings (SSSR count). The molecule has 5 unspecified atom stereocenters. The van der Waals surface area contributed by atoms with Gasteiger partial charge in [0.1, 0.15) is 41.4 Å². The zero-order valence-electron chi connectivity index (χ0n) is 78.4. The molecule has 0 spiro atoms. The van der Waals surface area contributed by atoms with Crippen LogP contribution in [0.15, 0.2) is 387 Å². The fraction of sp³-hybridized carbons (Fsp3) is 0.0948. The third kappa shape index (κ3) is 23.4. The number of ketones is 5. The molecule has 0 saturated heterocycles. The van der Waals surface area contributed by atoms with E-state index in [0.717, 1.165) is 82.6 Å². The molecular formula is C116H94N12O19. The van der Waals surface area contributed by atoms with E-state index in [2.05, 4.69) is 26.6 Å². The number of nitrogens with two attached hydrogens (primary N) is 5. The maximum Gasteiger partial charge on any atom is 0.327 e. The molecule has 1 aliphatic carbocycles. The lowest BCUT2D eigenvalue weighted by atomic mass is 9.94. The van der Waals surface area contributed by atoms with Gasteiger partial charge in [0.25, 0.3) is 41.4 Å². The minimum atomic E-state index is -1.11. The van der Waals surface area contributed by atoms with E-state index in [9.17, 15) is 71.9 Å². The SMILES string of the molecule is NC(=O)C(=O)C(Cc1ccccc1)NC(=O)C1c2ccccc2-c2ccccc21.NC(=O)C(=O)C(Cc1ccccc1)NC(=O)N1c2ccccc2Oc2ccccc21.NC(=O)C(=O)C(Cc1ccccc1)NC(=O)c1cccc2c1Oc1ccccc1O2.NC(=O)C(=O)C(Cc1ccccc1)NC(=O)c1cccc2c1oc1ccccc12.NC(=O)C(=O)C(Cc1ccccc1)NC(=O)n1c2ccccc2c2ccccc21. The van der Waals surface area contributed by atoms with Gasteiger partial charge in [0, 0.05) is 53.6 Å². The summed E-state index contributed by atoms with van der Waals surface area (Å²) in [7, 11) is 0. The first-order chi connectivity index (χ1) is 71.2. The molecule has 2 aliphatic heterocycles. The van der Waals surface area contributed by atoms with Gasteiger partial charge in [-0.25, -0.2) is 9.59 Å². The number of anilines is 2. The van der Waals surface area contributed by atoms with Gasteiger partial charge in [-0.15, -0.1) is 0 Å². The summed E-state index contributed by atoms with van der Waals surface area (Å²) in [6.45, 7) is 0. The first-order valence-electron chi connectivity index (χ1n) is 46.5. The van der Waals surface area contributed by atoms with Crippen molar-refractivity contribution >= 4 is 143 Å². The summed E-state index contributed by atoms with van der Waals surface area (Å²) in [6, 6.07) is 109.